The van der Waals surface area contributed by atoms with E-state index in [-0.39, 0.29) is 5.56 Å². The Morgan fingerprint density at radius 3 is 2.45 bits per heavy atom. The highest BCUT2D eigenvalue weighted by molar-refractivity contribution is 7.98. The smallest absolute Gasteiger partial charge is 0.266 e. The first-order chi connectivity index (χ1) is 16.0. The number of nitrogens with zero attached hydrogens (tertiary/aromatic N) is 4. The van der Waals surface area contributed by atoms with Crippen LogP contribution in [-0.2, 0) is 5.75 Å². The van der Waals surface area contributed by atoms with Crippen molar-refractivity contribution in [2.45, 2.75) is 24.8 Å². The number of hydrogen-bond acceptors (Lipinski definition) is 6. The molecule has 2 heterocycles. The first-order valence-electron chi connectivity index (χ1n) is 10.3. The number of halogens is 1. The summed E-state index contributed by atoms with van der Waals surface area (Å²) in [6.07, 6.45) is 0. The minimum absolute atomic E-state index is 0.109. The molecule has 0 aliphatic heterocycles. The lowest BCUT2D eigenvalue weighted by Crippen LogP contribution is -2.23. The average molecular weight is 475 g/mol. The molecule has 0 fully saturated rings. The van der Waals surface area contributed by atoms with E-state index in [0.29, 0.717) is 44.2 Å². The van der Waals surface area contributed by atoms with Crippen molar-refractivity contribution in [3.8, 4) is 17.1 Å². The van der Waals surface area contributed by atoms with Gasteiger partial charge in [-0.15, -0.1) is 10.2 Å². The second-order valence-corrected chi connectivity index (χ2v) is 8.91. The van der Waals surface area contributed by atoms with Gasteiger partial charge in [0.25, 0.3) is 5.56 Å². The van der Waals surface area contributed by atoms with Gasteiger partial charge in [0.1, 0.15) is 0 Å². The maximum atomic E-state index is 13.5. The number of hydrogen-bond donors (Lipinski definition) is 0. The highest BCUT2D eigenvalue weighted by Crippen LogP contribution is 2.30. The molecule has 0 bridgehead atoms. The molecule has 0 radical (unpaired) electrons. The lowest BCUT2D eigenvalue weighted by molar-refractivity contribution is 0.528. The van der Waals surface area contributed by atoms with Gasteiger partial charge in [-0.25, -0.2) is 4.98 Å². The summed E-state index contributed by atoms with van der Waals surface area (Å²) in [5.74, 6) is 1.13. The largest absolute Gasteiger partial charge is 0.420 e. The van der Waals surface area contributed by atoms with Crippen molar-refractivity contribution in [3.05, 3.63) is 99.1 Å². The first kappa shape index (κ1) is 21.4. The van der Waals surface area contributed by atoms with Crippen molar-refractivity contribution in [1.82, 2.24) is 19.7 Å². The zero-order valence-electron chi connectivity index (χ0n) is 17.9. The van der Waals surface area contributed by atoms with Gasteiger partial charge < -0.3 is 4.42 Å². The molecule has 0 saturated heterocycles. The van der Waals surface area contributed by atoms with Crippen LogP contribution in [0, 0.1) is 13.8 Å². The zero-order chi connectivity index (χ0) is 22.9. The summed E-state index contributed by atoms with van der Waals surface area (Å²) in [5.41, 5.74) is 4.05. The molecule has 164 valence electrons. The molecule has 33 heavy (non-hydrogen) atoms. The number of para-hydroxylation sites is 2. The Morgan fingerprint density at radius 1 is 0.939 bits per heavy atom. The lowest BCUT2D eigenvalue weighted by atomic mass is 10.1. The number of fused-ring (bicyclic) bond motifs is 1. The molecule has 3 aromatic carbocycles. The molecule has 2 aromatic heterocycles. The molecule has 6 nitrogen and oxygen atoms in total. The fraction of sp³-hybridized carbons (Fsp3) is 0.120. The van der Waals surface area contributed by atoms with E-state index in [1.54, 1.807) is 16.7 Å². The SMILES string of the molecule is Cc1cccc(C)c1-n1c(SCc2nnc(-c3ccccc3Cl)o2)nc2ccccc2c1=O. The molecule has 0 aliphatic rings. The maximum Gasteiger partial charge on any atom is 0.266 e. The monoisotopic (exact) mass is 474 g/mol. The van der Waals surface area contributed by atoms with Crippen molar-refractivity contribution in [1.29, 1.82) is 0 Å². The Morgan fingerprint density at radius 2 is 1.67 bits per heavy atom. The number of aryl methyl sites for hydroxylation is 2. The summed E-state index contributed by atoms with van der Waals surface area (Å²) in [7, 11) is 0. The van der Waals surface area contributed by atoms with Crippen molar-refractivity contribution in [2.75, 3.05) is 0 Å². The van der Waals surface area contributed by atoms with Crippen LogP contribution in [-0.4, -0.2) is 19.7 Å². The quantitative estimate of drug-likeness (QED) is 0.230. The maximum absolute atomic E-state index is 13.5. The average Bonchev–Trinajstić information content (AvgIpc) is 3.28. The van der Waals surface area contributed by atoms with Crippen molar-refractivity contribution in [3.63, 3.8) is 0 Å². The fourth-order valence-corrected chi connectivity index (χ4v) is 4.80. The Bertz CT molecular complexity index is 1520. The minimum atomic E-state index is -0.109. The van der Waals surface area contributed by atoms with Crippen LogP contribution in [0.15, 0.2) is 81.1 Å². The third-order valence-corrected chi connectivity index (χ3v) is 6.56. The predicted molar refractivity (Wildman–Crippen MR) is 131 cm³/mol. The molecule has 5 aromatic rings. The van der Waals surface area contributed by atoms with Gasteiger partial charge in [0.2, 0.25) is 11.8 Å². The summed E-state index contributed by atoms with van der Waals surface area (Å²) in [5, 5.41) is 9.97. The molecule has 0 amide bonds. The van der Waals surface area contributed by atoms with Crippen LogP contribution >= 0.6 is 23.4 Å². The van der Waals surface area contributed by atoms with Crippen LogP contribution in [0.2, 0.25) is 5.02 Å². The summed E-state index contributed by atoms with van der Waals surface area (Å²) in [6, 6.07) is 20.7. The van der Waals surface area contributed by atoms with E-state index in [2.05, 4.69) is 10.2 Å². The van der Waals surface area contributed by atoms with Gasteiger partial charge in [-0.05, 0) is 49.2 Å². The van der Waals surface area contributed by atoms with Crippen LogP contribution in [0.1, 0.15) is 17.0 Å². The van der Waals surface area contributed by atoms with Gasteiger partial charge in [0, 0.05) is 0 Å². The van der Waals surface area contributed by atoms with Gasteiger partial charge in [0.15, 0.2) is 5.16 Å². The number of aromatic nitrogens is 4. The molecule has 0 N–H and O–H groups in total. The standard InChI is InChI=1S/C25H19ClN4O2S/c1-15-8-7-9-16(2)22(15)30-24(31)18-11-4-6-13-20(18)27-25(30)33-14-21-28-29-23(32-21)17-10-3-5-12-19(17)26/h3-13H,14H2,1-2H3. The molecule has 0 unspecified atom stereocenters. The highest BCUT2D eigenvalue weighted by atomic mass is 35.5. The first-order valence-corrected chi connectivity index (χ1v) is 11.7. The van der Waals surface area contributed by atoms with Gasteiger partial charge in [0.05, 0.1) is 32.9 Å². The summed E-state index contributed by atoms with van der Waals surface area (Å²) in [4.78, 5) is 18.3. The molecular weight excluding hydrogens is 456 g/mol. The summed E-state index contributed by atoms with van der Waals surface area (Å²) in [6.45, 7) is 3.98. The molecule has 5 rings (SSSR count). The van der Waals surface area contributed by atoms with Crippen LogP contribution in [0.3, 0.4) is 0 Å². The number of thioether (sulfide) groups is 1. The normalized spacial score (nSPS) is 11.2. The van der Waals surface area contributed by atoms with Crippen LogP contribution in [0.25, 0.3) is 28.0 Å². The highest BCUT2D eigenvalue weighted by Gasteiger charge is 2.18. The second kappa shape index (κ2) is 8.84. The van der Waals surface area contributed by atoms with Gasteiger partial charge in [-0.2, -0.15) is 0 Å². The summed E-state index contributed by atoms with van der Waals surface area (Å²) >= 11 is 7.63. The third-order valence-electron chi connectivity index (χ3n) is 5.30. The molecule has 0 spiro atoms. The predicted octanol–water partition coefficient (Wildman–Crippen LogP) is 6.00. The van der Waals surface area contributed by atoms with E-state index in [0.717, 1.165) is 16.8 Å². The third kappa shape index (κ3) is 4.05. The molecule has 0 saturated carbocycles. The van der Waals surface area contributed by atoms with Crippen LogP contribution in [0.5, 0.6) is 0 Å². The second-order valence-electron chi connectivity index (χ2n) is 7.56. The zero-order valence-corrected chi connectivity index (χ0v) is 19.5. The van der Waals surface area contributed by atoms with Crippen LogP contribution < -0.4 is 5.56 Å². The topological polar surface area (TPSA) is 73.8 Å². The van der Waals surface area contributed by atoms with Crippen molar-refractivity contribution in [2.24, 2.45) is 0 Å². The fourth-order valence-electron chi connectivity index (χ4n) is 3.75. The Balaban J connectivity index is 1.56. The van der Waals surface area contributed by atoms with Crippen molar-refractivity contribution >= 4 is 34.3 Å². The summed E-state index contributed by atoms with van der Waals surface area (Å²) < 4.78 is 7.52. The van der Waals surface area contributed by atoms with E-state index in [4.69, 9.17) is 21.0 Å². The van der Waals surface area contributed by atoms with Gasteiger partial charge in [-0.3, -0.25) is 9.36 Å². The molecule has 0 aliphatic carbocycles. The molecular formula is C25H19ClN4O2S. The lowest BCUT2D eigenvalue weighted by Gasteiger charge is -2.16. The Hall–Kier alpha value is -3.42. The van der Waals surface area contributed by atoms with E-state index >= 15 is 0 Å². The minimum Gasteiger partial charge on any atom is -0.420 e. The van der Waals surface area contributed by atoms with E-state index in [1.165, 1.54) is 11.8 Å². The molecule has 0 atom stereocenters. The Kier molecular flexibility index (Phi) is 5.74. The number of rotatable bonds is 5. The van der Waals surface area contributed by atoms with Crippen molar-refractivity contribution < 1.29 is 4.42 Å². The Labute approximate surface area is 199 Å². The van der Waals surface area contributed by atoms with E-state index in [9.17, 15) is 4.79 Å². The van der Waals surface area contributed by atoms with Gasteiger partial charge >= 0.3 is 0 Å². The van der Waals surface area contributed by atoms with Crippen LogP contribution in [0.4, 0.5) is 0 Å². The van der Waals surface area contributed by atoms with E-state index in [1.807, 2.05) is 68.4 Å². The van der Waals surface area contributed by atoms with Gasteiger partial charge in [-0.1, -0.05) is 65.8 Å². The number of benzene rings is 3. The molecule has 8 heteroatoms. The van der Waals surface area contributed by atoms with E-state index < -0.39 is 0 Å².